The Hall–Kier alpha value is -1.44. The van der Waals surface area contributed by atoms with Crippen LogP contribution in [-0.2, 0) is 11.3 Å². The van der Waals surface area contributed by atoms with Gasteiger partial charge in [0.1, 0.15) is 16.2 Å². The van der Waals surface area contributed by atoms with Crippen molar-refractivity contribution in [3.8, 4) is 0 Å². The molecule has 0 bridgehead atoms. The number of nitrogens with zero attached hydrogens (tertiary/aromatic N) is 2. The number of hydrogen-bond acceptors (Lipinski definition) is 6. The lowest BCUT2D eigenvalue weighted by Crippen LogP contribution is -2.22. The summed E-state index contributed by atoms with van der Waals surface area (Å²) in [6.45, 7) is 4.82. The van der Waals surface area contributed by atoms with E-state index in [1.54, 1.807) is 40.8 Å². The molecule has 3 heterocycles. The fourth-order valence-corrected chi connectivity index (χ4v) is 4.89. The van der Waals surface area contributed by atoms with Crippen LogP contribution in [0.3, 0.4) is 0 Å². The number of amides is 1. The number of thioether (sulfide) groups is 1. The first kappa shape index (κ1) is 16.4. The van der Waals surface area contributed by atoms with Gasteiger partial charge in [-0.15, -0.1) is 34.4 Å². The topological polar surface area (TPSA) is 54.9 Å². The van der Waals surface area contributed by atoms with Crippen molar-refractivity contribution in [2.24, 2.45) is 0 Å². The summed E-state index contributed by atoms with van der Waals surface area (Å²) in [6.07, 6.45) is 2.10. The van der Waals surface area contributed by atoms with Crippen LogP contribution in [0.1, 0.15) is 21.7 Å². The summed E-state index contributed by atoms with van der Waals surface area (Å²) in [6, 6.07) is 4.02. The van der Waals surface area contributed by atoms with Gasteiger partial charge in [0.15, 0.2) is 0 Å². The fourth-order valence-electron chi connectivity index (χ4n) is 2.19. The van der Waals surface area contributed by atoms with Crippen LogP contribution in [0, 0.1) is 13.8 Å². The molecule has 0 aromatic carbocycles. The molecule has 0 aliphatic heterocycles. The summed E-state index contributed by atoms with van der Waals surface area (Å²) < 4.78 is 0. The molecule has 0 saturated carbocycles. The Labute approximate surface area is 147 Å². The first-order chi connectivity index (χ1) is 11.1. The van der Waals surface area contributed by atoms with Crippen molar-refractivity contribution in [3.63, 3.8) is 0 Å². The van der Waals surface area contributed by atoms with E-state index in [9.17, 15) is 4.79 Å². The Morgan fingerprint density at radius 2 is 2.22 bits per heavy atom. The predicted octanol–water partition coefficient (Wildman–Crippen LogP) is 4.17. The van der Waals surface area contributed by atoms with Crippen molar-refractivity contribution in [1.29, 1.82) is 0 Å². The zero-order chi connectivity index (χ0) is 16.2. The van der Waals surface area contributed by atoms with Gasteiger partial charge in [-0.2, -0.15) is 0 Å². The SMILES string of the molecule is Cc1sc2ncnc(SCCC(=O)NCc3cccs3)c2c1C. The molecule has 0 spiro atoms. The van der Waals surface area contributed by atoms with Gasteiger partial charge >= 0.3 is 0 Å². The number of aromatic nitrogens is 2. The largest absolute Gasteiger partial charge is 0.351 e. The van der Waals surface area contributed by atoms with E-state index in [4.69, 9.17) is 0 Å². The van der Waals surface area contributed by atoms with Crippen molar-refractivity contribution < 1.29 is 4.79 Å². The third-order valence-corrected chi connectivity index (χ3v) is 6.52. The van der Waals surface area contributed by atoms with Crippen LogP contribution in [0.5, 0.6) is 0 Å². The van der Waals surface area contributed by atoms with E-state index >= 15 is 0 Å². The molecular weight excluding hydrogens is 346 g/mol. The lowest BCUT2D eigenvalue weighted by atomic mass is 10.2. The van der Waals surface area contributed by atoms with Crippen LogP contribution in [-0.4, -0.2) is 21.6 Å². The van der Waals surface area contributed by atoms with Crippen molar-refractivity contribution in [1.82, 2.24) is 15.3 Å². The first-order valence-electron chi connectivity index (χ1n) is 7.27. The van der Waals surface area contributed by atoms with Crippen LogP contribution < -0.4 is 5.32 Å². The molecule has 0 fully saturated rings. The maximum absolute atomic E-state index is 11.9. The van der Waals surface area contributed by atoms with E-state index < -0.39 is 0 Å². The minimum atomic E-state index is 0.0782. The molecule has 0 saturated heterocycles. The molecule has 3 rings (SSSR count). The summed E-state index contributed by atoms with van der Waals surface area (Å²) in [5.74, 6) is 0.797. The highest BCUT2D eigenvalue weighted by Gasteiger charge is 2.12. The highest BCUT2D eigenvalue weighted by molar-refractivity contribution is 7.99. The maximum Gasteiger partial charge on any atom is 0.221 e. The summed E-state index contributed by atoms with van der Waals surface area (Å²) in [7, 11) is 0. The van der Waals surface area contributed by atoms with E-state index in [2.05, 4.69) is 29.1 Å². The van der Waals surface area contributed by atoms with Crippen molar-refractivity contribution in [2.75, 3.05) is 5.75 Å². The van der Waals surface area contributed by atoms with Gasteiger partial charge in [-0.25, -0.2) is 9.97 Å². The summed E-state index contributed by atoms with van der Waals surface area (Å²) >= 11 is 4.98. The number of hydrogen-bond donors (Lipinski definition) is 1. The fraction of sp³-hybridized carbons (Fsp3) is 0.312. The van der Waals surface area contributed by atoms with Gasteiger partial charge in [0.25, 0.3) is 0 Å². The molecule has 23 heavy (non-hydrogen) atoms. The van der Waals surface area contributed by atoms with Crippen LogP contribution >= 0.6 is 34.4 Å². The zero-order valence-corrected chi connectivity index (χ0v) is 15.4. The molecule has 0 radical (unpaired) electrons. The molecule has 0 unspecified atom stereocenters. The van der Waals surface area contributed by atoms with E-state index in [0.717, 1.165) is 21.0 Å². The smallest absolute Gasteiger partial charge is 0.221 e. The number of nitrogens with one attached hydrogen (secondary N) is 1. The predicted molar refractivity (Wildman–Crippen MR) is 98.4 cm³/mol. The van der Waals surface area contributed by atoms with Crippen LogP contribution in [0.15, 0.2) is 28.9 Å². The van der Waals surface area contributed by atoms with Gasteiger partial charge in [-0.3, -0.25) is 4.79 Å². The Morgan fingerprint density at radius 1 is 1.35 bits per heavy atom. The Balaban J connectivity index is 1.55. The van der Waals surface area contributed by atoms with Gasteiger partial charge in [0.2, 0.25) is 5.91 Å². The molecule has 3 aromatic rings. The molecule has 120 valence electrons. The maximum atomic E-state index is 11.9. The average molecular weight is 364 g/mol. The third kappa shape index (κ3) is 3.91. The quantitative estimate of drug-likeness (QED) is 0.527. The second-order valence-corrected chi connectivity index (χ2v) is 8.42. The lowest BCUT2D eigenvalue weighted by Gasteiger charge is -2.05. The van der Waals surface area contributed by atoms with E-state index in [1.165, 1.54) is 15.3 Å². The highest BCUT2D eigenvalue weighted by Crippen LogP contribution is 2.34. The molecule has 1 N–H and O–H groups in total. The third-order valence-electron chi connectivity index (χ3n) is 3.54. The van der Waals surface area contributed by atoms with Gasteiger partial charge in [0.05, 0.1) is 6.54 Å². The van der Waals surface area contributed by atoms with Crippen LogP contribution in [0.25, 0.3) is 10.2 Å². The second-order valence-electron chi connectivity index (χ2n) is 5.10. The Bertz CT molecular complexity index is 811. The summed E-state index contributed by atoms with van der Waals surface area (Å²) in [5, 5.41) is 7.08. The lowest BCUT2D eigenvalue weighted by molar-refractivity contribution is -0.120. The van der Waals surface area contributed by atoms with Gasteiger partial charge < -0.3 is 5.32 Å². The van der Waals surface area contributed by atoms with Crippen LogP contribution in [0.2, 0.25) is 0 Å². The molecule has 0 aliphatic rings. The number of rotatable bonds is 6. The minimum absolute atomic E-state index is 0.0782. The summed E-state index contributed by atoms with van der Waals surface area (Å²) in [5.41, 5.74) is 1.25. The molecule has 7 heteroatoms. The number of fused-ring (bicyclic) bond motifs is 1. The Kier molecular flexibility index (Phi) is 5.30. The number of carbonyl (C=O) groups is 1. The molecule has 4 nitrogen and oxygen atoms in total. The first-order valence-corrected chi connectivity index (χ1v) is 9.96. The van der Waals surface area contributed by atoms with Crippen molar-refractivity contribution >= 4 is 50.6 Å². The van der Waals surface area contributed by atoms with E-state index in [1.807, 2.05) is 17.5 Å². The molecule has 1 amide bonds. The van der Waals surface area contributed by atoms with E-state index in [-0.39, 0.29) is 5.91 Å². The monoisotopic (exact) mass is 363 g/mol. The standard InChI is InChI=1S/C16H17N3OS3/c1-10-11(2)23-16-14(10)15(18-9-19-16)22-7-5-13(20)17-8-12-4-3-6-21-12/h3-4,6,9H,5,7-8H2,1-2H3,(H,17,20). The molecule has 0 atom stereocenters. The second kappa shape index (κ2) is 7.42. The number of aryl methyl sites for hydroxylation is 2. The summed E-state index contributed by atoms with van der Waals surface area (Å²) in [4.78, 5) is 24.1. The molecular formula is C16H17N3OS3. The Morgan fingerprint density at radius 3 is 3.00 bits per heavy atom. The van der Waals surface area contributed by atoms with Gasteiger partial charge in [0, 0.05) is 27.3 Å². The van der Waals surface area contributed by atoms with E-state index in [0.29, 0.717) is 13.0 Å². The van der Waals surface area contributed by atoms with Crippen LogP contribution in [0.4, 0.5) is 0 Å². The number of carbonyl (C=O) groups excluding carboxylic acids is 1. The minimum Gasteiger partial charge on any atom is -0.351 e. The normalized spacial score (nSPS) is 11.0. The van der Waals surface area contributed by atoms with Crippen molar-refractivity contribution in [2.45, 2.75) is 31.8 Å². The zero-order valence-electron chi connectivity index (χ0n) is 13.0. The van der Waals surface area contributed by atoms with Crippen molar-refractivity contribution in [3.05, 3.63) is 39.2 Å². The van der Waals surface area contributed by atoms with Gasteiger partial charge in [-0.05, 0) is 30.9 Å². The highest BCUT2D eigenvalue weighted by atomic mass is 32.2. The molecule has 0 aliphatic carbocycles. The molecule has 3 aromatic heterocycles. The average Bonchev–Trinajstić information content (AvgIpc) is 3.15. The van der Waals surface area contributed by atoms with Gasteiger partial charge in [-0.1, -0.05) is 6.07 Å². The number of thiophene rings is 2.